The van der Waals surface area contributed by atoms with Crippen molar-refractivity contribution in [3.05, 3.63) is 63.5 Å². The predicted molar refractivity (Wildman–Crippen MR) is 78.0 cm³/mol. The fourth-order valence-corrected chi connectivity index (χ4v) is 2.46. The topological polar surface area (TPSA) is 26.0 Å². The van der Waals surface area contributed by atoms with Gasteiger partial charge in [-0.2, -0.15) is 0 Å². The van der Waals surface area contributed by atoms with Gasteiger partial charge in [0.1, 0.15) is 5.52 Å². The van der Waals surface area contributed by atoms with Crippen molar-refractivity contribution in [3.8, 4) is 0 Å². The molecule has 96 valence electrons. The third kappa shape index (κ3) is 2.60. The molecule has 0 aliphatic heterocycles. The van der Waals surface area contributed by atoms with E-state index in [1.54, 1.807) is 6.07 Å². The SMILES string of the molecule is Cc1ccc2oc(Cc3ccc(Cl)cc3Cl)nc2c1. The van der Waals surface area contributed by atoms with Crippen LogP contribution in [0.1, 0.15) is 17.0 Å². The molecular weight excluding hydrogens is 281 g/mol. The molecule has 0 radical (unpaired) electrons. The molecule has 0 bridgehead atoms. The zero-order chi connectivity index (χ0) is 13.4. The average Bonchev–Trinajstić information content (AvgIpc) is 2.74. The number of nitrogens with zero attached hydrogens (tertiary/aromatic N) is 1. The smallest absolute Gasteiger partial charge is 0.199 e. The molecule has 0 saturated carbocycles. The van der Waals surface area contributed by atoms with Gasteiger partial charge in [0.25, 0.3) is 0 Å². The molecule has 1 heterocycles. The molecule has 0 aliphatic carbocycles. The molecule has 2 nitrogen and oxygen atoms in total. The van der Waals surface area contributed by atoms with Crippen molar-refractivity contribution in [1.29, 1.82) is 0 Å². The molecule has 0 atom stereocenters. The summed E-state index contributed by atoms with van der Waals surface area (Å²) in [6, 6.07) is 11.4. The fraction of sp³-hybridized carbons (Fsp3) is 0.133. The Morgan fingerprint density at radius 2 is 1.95 bits per heavy atom. The summed E-state index contributed by atoms with van der Waals surface area (Å²) in [6.07, 6.45) is 0.559. The van der Waals surface area contributed by atoms with Crippen LogP contribution >= 0.6 is 23.2 Å². The summed E-state index contributed by atoms with van der Waals surface area (Å²) in [4.78, 5) is 4.47. The highest BCUT2D eigenvalue weighted by molar-refractivity contribution is 6.35. The van der Waals surface area contributed by atoms with Gasteiger partial charge in [0.05, 0.1) is 6.42 Å². The lowest BCUT2D eigenvalue weighted by molar-refractivity contribution is 0.544. The van der Waals surface area contributed by atoms with E-state index < -0.39 is 0 Å². The van der Waals surface area contributed by atoms with E-state index in [1.807, 2.05) is 37.3 Å². The molecule has 0 fully saturated rings. The summed E-state index contributed by atoms with van der Waals surface area (Å²) < 4.78 is 5.71. The molecule has 0 N–H and O–H groups in total. The molecule has 0 amide bonds. The number of halogens is 2. The first kappa shape index (κ1) is 12.5. The minimum atomic E-state index is 0.559. The van der Waals surface area contributed by atoms with E-state index in [2.05, 4.69) is 4.98 Å². The molecule has 19 heavy (non-hydrogen) atoms. The maximum Gasteiger partial charge on any atom is 0.199 e. The lowest BCUT2D eigenvalue weighted by Gasteiger charge is -2.01. The first-order valence-electron chi connectivity index (χ1n) is 5.92. The minimum Gasteiger partial charge on any atom is -0.440 e. The maximum absolute atomic E-state index is 6.15. The van der Waals surface area contributed by atoms with Gasteiger partial charge < -0.3 is 4.42 Å². The van der Waals surface area contributed by atoms with Crippen LogP contribution in [0.25, 0.3) is 11.1 Å². The Labute approximate surface area is 121 Å². The Morgan fingerprint density at radius 1 is 1.11 bits per heavy atom. The van der Waals surface area contributed by atoms with E-state index in [0.29, 0.717) is 22.4 Å². The molecule has 3 aromatic rings. The predicted octanol–water partition coefficient (Wildman–Crippen LogP) is 5.03. The molecule has 0 spiro atoms. The first-order chi connectivity index (χ1) is 9.11. The number of aryl methyl sites for hydroxylation is 1. The molecule has 1 aromatic heterocycles. The van der Waals surface area contributed by atoms with Crippen LogP contribution in [0.15, 0.2) is 40.8 Å². The van der Waals surface area contributed by atoms with Crippen molar-refractivity contribution in [2.45, 2.75) is 13.3 Å². The van der Waals surface area contributed by atoms with Gasteiger partial charge in [0.15, 0.2) is 11.5 Å². The normalized spacial score (nSPS) is 11.1. The second-order valence-corrected chi connectivity index (χ2v) is 5.33. The Kier molecular flexibility index (Phi) is 3.21. The van der Waals surface area contributed by atoms with Crippen LogP contribution in [-0.4, -0.2) is 4.98 Å². The second-order valence-electron chi connectivity index (χ2n) is 4.49. The van der Waals surface area contributed by atoms with Crippen LogP contribution in [0.4, 0.5) is 0 Å². The maximum atomic E-state index is 6.15. The highest BCUT2D eigenvalue weighted by Crippen LogP contribution is 2.25. The van der Waals surface area contributed by atoms with Crippen molar-refractivity contribution >= 4 is 34.3 Å². The van der Waals surface area contributed by atoms with E-state index in [9.17, 15) is 0 Å². The van der Waals surface area contributed by atoms with Gasteiger partial charge in [-0.3, -0.25) is 0 Å². The monoisotopic (exact) mass is 291 g/mol. The van der Waals surface area contributed by atoms with Crippen LogP contribution in [0.3, 0.4) is 0 Å². The summed E-state index contributed by atoms with van der Waals surface area (Å²) in [6.45, 7) is 2.03. The lowest BCUT2D eigenvalue weighted by Crippen LogP contribution is -1.89. The summed E-state index contributed by atoms with van der Waals surface area (Å²) in [5.74, 6) is 0.657. The summed E-state index contributed by atoms with van der Waals surface area (Å²) in [7, 11) is 0. The number of hydrogen-bond donors (Lipinski definition) is 0. The van der Waals surface area contributed by atoms with Crippen LogP contribution < -0.4 is 0 Å². The summed E-state index contributed by atoms with van der Waals surface area (Å²) >= 11 is 12.0. The number of aromatic nitrogens is 1. The third-order valence-corrected chi connectivity index (χ3v) is 3.53. The van der Waals surface area contributed by atoms with Gasteiger partial charge in [0, 0.05) is 10.0 Å². The minimum absolute atomic E-state index is 0.559. The van der Waals surface area contributed by atoms with Crippen molar-refractivity contribution in [2.75, 3.05) is 0 Å². The van der Waals surface area contributed by atoms with Crippen molar-refractivity contribution in [3.63, 3.8) is 0 Å². The Morgan fingerprint density at radius 3 is 2.74 bits per heavy atom. The molecule has 0 saturated heterocycles. The zero-order valence-electron chi connectivity index (χ0n) is 10.3. The third-order valence-electron chi connectivity index (χ3n) is 2.94. The molecule has 3 rings (SSSR count). The number of oxazole rings is 1. The van der Waals surface area contributed by atoms with E-state index in [1.165, 1.54) is 0 Å². The zero-order valence-corrected chi connectivity index (χ0v) is 11.8. The number of benzene rings is 2. The lowest BCUT2D eigenvalue weighted by atomic mass is 10.1. The van der Waals surface area contributed by atoms with Gasteiger partial charge in [-0.05, 0) is 42.3 Å². The largest absolute Gasteiger partial charge is 0.440 e. The Hall–Kier alpha value is -1.51. The second kappa shape index (κ2) is 4.87. The average molecular weight is 292 g/mol. The van der Waals surface area contributed by atoms with E-state index in [4.69, 9.17) is 27.6 Å². The van der Waals surface area contributed by atoms with E-state index in [0.717, 1.165) is 22.2 Å². The van der Waals surface area contributed by atoms with E-state index in [-0.39, 0.29) is 0 Å². The molecule has 0 aliphatic rings. The van der Waals surface area contributed by atoms with E-state index >= 15 is 0 Å². The highest BCUT2D eigenvalue weighted by Gasteiger charge is 2.09. The number of rotatable bonds is 2. The first-order valence-corrected chi connectivity index (χ1v) is 6.67. The van der Waals surface area contributed by atoms with Crippen molar-refractivity contribution < 1.29 is 4.42 Å². The number of fused-ring (bicyclic) bond motifs is 1. The standard InChI is InChI=1S/C15H11Cl2NO/c1-9-2-5-14-13(6-9)18-15(19-14)7-10-3-4-11(16)8-12(10)17/h2-6,8H,7H2,1H3. The summed E-state index contributed by atoms with van der Waals surface area (Å²) in [5, 5.41) is 1.26. The Balaban J connectivity index is 1.96. The van der Waals surface area contributed by atoms with Crippen molar-refractivity contribution in [2.24, 2.45) is 0 Å². The van der Waals surface area contributed by atoms with Crippen LogP contribution in [0.5, 0.6) is 0 Å². The quantitative estimate of drug-likeness (QED) is 0.661. The molecule has 0 unspecified atom stereocenters. The van der Waals surface area contributed by atoms with Gasteiger partial charge in [0.2, 0.25) is 0 Å². The molecule has 4 heteroatoms. The number of hydrogen-bond acceptors (Lipinski definition) is 2. The van der Waals surface area contributed by atoms with Gasteiger partial charge >= 0.3 is 0 Å². The highest BCUT2D eigenvalue weighted by atomic mass is 35.5. The molecule has 2 aromatic carbocycles. The van der Waals surface area contributed by atoms with Gasteiger partial charge in [-0.25, -0.2) is 4.98 Å². The Bertz CT molecular complexity index is 749. The van der Waals surface area contributed by atoms with Gasteiger partial charge in [-0.15, -0.1) is 0 Å². The van der Waals surface area contributed by atoms with Crippen LogP contribution in [0, 0.1) is 6.92 Å². The molecular formula is C15H11Cl2NO. The fourth-order valence-electron chi connectivity index (χ4n) is 1.99. The summed E-state index contributed by atoms with van der Waals surface area (Å²) in [5.41, 5.74) is 3.79. The van der Waals surface area contributed by atoms with Crippen LogP contribution in [-0.2, 0) is 6.42 Å². The van der Waals surface area contributed by atoms with Gasteiger partial charge in [-0.1, -0.05) is 35.3 Å². The van der Waals surface area contributed by atoms with Crippen LogP contribution in [0.2, 0.25) is 10.0 Å². The van der Waals surface area contributed by atoms with Crippen molar-refractivity contribution in [1.82, 2.24) is 4.98 Å².